The van der Waals surface area contributed by atoms with E-state index in [9.17, 15) is 9.59 Å². The van der Waals surface area contributed by atoms with Crippen LogP contribution in [-0.2, 0) is 11.2 Å². The molecule has 18 heavy (non-hydrogen) atoms. The minimum Gasteiger partial charge on any atom is -0.327 e. The Kier molecular flexibility index (Phi) is 3.57. The van der Waals surface area contributed by atoms with E-state index in [1.165, 1.54) is 6.20 Å². The van der Waals surface area contributed by atoms with Crippen molar-refractivity contribution in [2.45, 2.75) is 13.3 Å². The van der Waals surface area contributed by atoms with Gasteiger partial charge in [-0.1, -0.05) is 29.8 Å². The third-order valence-electron chi connectivity index (χ3n) is 2.54. The Hall–Kier alpha value is -2.36. The highest BCUT2D eigenvalue weighted by molar-refractivity contribution is 5.92. The maximum absolute atomic E-state index is 11.8. The molecule has 0 atom stereocenters. The molecule has 0 aliphatic heterocycles. The van der Waals surface area contributed by atoms with Crippen LogP contribution in [0.25, 0.3) is 0 Å². The summed E-state index contributed by atoms with van der Waals surface area (Å²) < 4.78 is 0. The predicted molar refractivity (Wildman–Crippen MR) is 70.6 cm³/mol. The van der Waals surface area contributed by atoms with Crippen molar-refractivity contribution in [2.75, 3.05) is 5.32 Å². The van der Waals surface area contributed by atoms with E-state index in [0.29, 0.717) is 0 Å². The van der Waals surface area contributed by atoms with Crippen LogP contribution in [0.1, 0.15) is 11.1 Å². The first kappa shape index (κ1) is 12.1. The quantitative estimate of drug-likeness (QED) is 0.863. The number of hydrogen-bond donors (Lipinski definition) is 2. The first-order chi connectivity index (χ1) is 8.65. The molecule has 0 bridgehead atoms. The molecule has 0 unspecified atom stereocenters. The number of nitrogens with one attached hydrogen (secondary N) is 2. The van der Waals surface area contributed by atoms with Crippen molar-refractivity contribution >= 4 is 11.6 Å². The Balaban J connectivity index is 2.06. The lowest BCUT2D eigenvalue weighted by Crippen LogP contribution is -2.20. The van der Waals surface area contributed by atoms with Gasteiger partial charge in [0.2, 0.25) is 5.91 Å². The number of hydrogen-bond acceptors (Lipinski definition) is 2. The lowest BCUT2D eigenvalue weighted by atomic mass is 10.1. The molecule has 92 valence electrons. The summed E-state index contributed by atoms with van der Waals surface area (Å²) in [5, 5.41) is 2.60. The van der Waals surface area contributed by atoms with Crippen LogP contribution >= 0.6 is 0 Å². The minimum absolute atomic E-state index is 0.197. The normalized spacial score (nSPS) is 10.1. The van der Waals surface area contributed by atoms with Crippen LogP contribution in [0.4, 0.5) is 5.69 Å². The molecule has 0 aliphatic carbocycles. The van der Waals surface area contributed by atoms with E-state index in [1.54, 1.807) is 12.1 Å². The standard InChI is InChI=1S/C14H14N2O2/c1-10-4-2-5-11(8-10)9-13(17)16-12-6-3-7-15-14(12)18/h2-8H,9H2,1H3,(H,15,18)(H,16,17). The van der Waals surface area contributed by atoms with Crippen LogP contribution in [0, 0.1) is 6.92 Å². The van der Waals surface area contributed by atoms with Crippen molar-refractivity contribution in [3.63, 3.8) is 0 Å². The maximum atomic E-state index is 11.8. The summed E-state index contributed by atoms with van der Waals surface area (Å²) in [5.74, 6) is -0.197. The number of aryl methyl sites for hydroxylation is 1. The molecule has 0 spiro atoms. The number of pyridine rings is 1. The summed E-state index contributed by atoms with van der Waals surface area (Å²) in [7, 11) is 0. The molecule has 2 rings (SSSR count). The van der Waals surface area contributed by atoms with Crippen LogP contribution in [0.15, 0.2) is 47.4 Å². The molecule has 1 aromatic heterocycles. The van der Waals surface area contributed by atoms with Crippen LogP contribution in [0.2, 0.25) is 0 Å². The van der Waals surface area contributed by atoms with Crippen molar-refractivity contribution in [3.05, 3.63) is 64.1 Å². The number of benzene rings is 1. The second-order valence-corrected chi connectivity index (χ2v) is 4.13. The first-order valence-electron chi connectivity index (χ1n) is 5.68. The number of aromatic nitrogens is 1. The monoisotopic (exact) mass is 242 g/mol. The van der Waals surface area contributed by atoms with Crippen LogP contribution < -0.4 is 10.9 Å². The zero-order chi connectivity index (χ0) is 13.0. The van der Waals surface area contributed by atoms with Crippen LogP contribution in [0.3, 0.4) is 0 Å². The Bertz CT molecular complexity index is 617. The lowest BCUT2D eigenvalue weighted by Gasteiger charge is -2.04. The summed E-state index contributed by atoms with van der Waals surface area (Å²) in [6.45, 7) is 1.98. The fourth-order valence-corrected chi connectivity index (χ4v) is 1.72. The van der Waals surface area contributed by atoms with Gasteiger partial charge in [0.05, 0.1) is 6.42 Å². The van der Waals surface area contributed by atoms with Gasteiger partial charge in [0.15, 0.2) is 0 Å². The van der Waals surface area contributed by atoms with Gasteiger partial charge in [-0.2, -0.15) is 0 Å². The molecular formula is C14H14N2O2. The predicted octanol–water partition coefficient (Wildman–Crippen LogP) is 1.86. The zero-order valence-electron chi connectivity index (χ0n) is 10.1. The van der Waals surface area contributed by atoms with Crippen LogP contribution in [-0.4, -0.2) is 10.9 Å². The van der Waals surface area contributed by atoms with E-state index in [-0.39, 0.29) is 23.6 Å². The molecule has 0 fully saturated rings. The highest BCUT2D eigenvalue weighted by Gasteiger charge is 2.06. The topological polar surface area (TPSA) is 62.0 Å². The summed E-state index contributed by atoms with van der Waals surface area (Å²) in [5.41, 5.74) is 2.02. The van der Waals surface area contributed by atoms with Crippen molar-refractivity contribution in [2.24, 2.45) is 0 Å². The number of anilines is 1. The molecule has 0 saturated carbocycles. The average molecular weight is 242 g/mol. The Morgan fingerprint density at radius 3 is 2.83 bits per heavy atom. The lowest BCUT2D eigenvalue weighted by molar-refractivity contribution is -0.115. The molecule has 4 nitrogen and oxygen atoms in total. The maximum Gasteiger partial charge on any atom is 0.271 e. The van der Waals surface area contributed by atoms with Crippen molar-refractivity contribution < 1.29 is 4.79 Å². The summed E-state index contributed by atoms with van der Waals surface area (Å²) in [6.07, 6.45) is 1.79. The van der Waals surface area contributed by atoms with Crippen molar-refractivity contribution in [3.8, 4) is 0 Å². The Morgan fingerprint density at radius 1 is 1.28 bits per heavy atom. The molecule has 2 aromatic rings. The van der Waals surface area contributed by atoms with Gasteiger partial charge < -0.3 is 10.3 Å². The summed E-state index contributed by atoms with van der Waals surface area (Å²) >= 11 is 0. The Morgan fingerprint density at radius 2 is 2.11 bits per heavy atom. The van der Waals surface area contributed by atoms with Gasteiger partial charge in [0, 0.05) is 6.20 Å². The number of carbonyl (C=O) groups is 1. The molecule has 0 radical (unpaired) electrons. The van der Waals surface area contributed by atoms with Gasteiger partial charge >= 0.3 is 0 Å². The molecule has 1 aromatic carbocycles. The molecule has 0 aliphatic rings. The second-order valence-electron chi connectivity index (χ2n) is 4.13. The molecule has 2 N–H and O–H groups in total. The van der Waals surface area contributed by atoms with Gasteiger partial charge in [0.1, 0.15) is 5.69 Å². The smallest absolute Gasteiger partial charge is 0.271 e. The van der Waals surface area contributed by atoms with E-state index in [1.807, 2.05) is 31.2 Å². The van der Waals surface area contributed by atoms with Crippen molar-refractivity contribution in [1.29, 1.82) is 0 Å². The molecule has 4 heteroatoms. The van der Waals surface area contributed by atoms with E-state index < -0.39 is 0 Å². The van der Waals surface area contributed by atoms with Gasteiger partial charge in [-0.25, -0.2) is 0 Å². The van der Waals surface area contributed by atoms with Gasteiger partial charge in [-0.05, 0) is 24.6 Å². The number of H-pyrrole nitrogens is 1. The largest absolute Gasteiger partial charge is 0.327 e. The summed E-state index contributed by atoms with van der Waals surface area (Å²) in [6, 6.07) is 11.0. The highest BCUT2D eigenvalue weighted by Crippen LogP contribution is 2.06. The number of rotatable bonds is 3. The molecular weight excluding hydrogens is 228 g/mol. The second kappa shape index (κ2) is 5.31. The molecule has 1 heterocycles. The minimum atomic E-state index is -0.296. The van der Waals surface area contributed by atoms with E-state index in [0.717, 1.165) is 11.1 Å². The SMILES string of the molecule is Cc1cccc(CC(=O)Nc2ccc[nH]c2=O)c1. The van der Waals surface area contributed by atoms with Gasteiger partial charge in [-0.3, -0.25) is 9.59 Å². The van der Waals surface area contributed by atoms with E-state index in [2.05, 4.69) is 10.3 Å². The average Bonchev–Trinajstić information content (AvgIpc) is 2.32. The fraction of sp³-hybridized carbons (Fsp3) is 0.143. The highest BCUT2D eigenvalue weighted by atomic mass is 16.2. The number of carbonyl (C=O) groups excluding carboxylic acids is 1. The van der Waals surface area contributed by atoms with Crippen LogP contribution in [0.5, 0.6) is 0 Å². The number of aromatic amines is 1. The zero-order valence-corrected chi connectivity index (χ0v) is 10.1. The van der Waals surface area contributed by atoms with E-state index >= 15 is 0 Å². The molecule has 0 saturated heterocycles. The van der Waals surface area contributed by atoms with Crippen molar-refractivity contribution in [1.82, 2.24) is 4.98 Å². The number of amides is 1. The summed E-state index contributed by atoms with van der Waals surface area (Å²) in [4.78, 5) is 25.7. The van der Waals surface area contributed by atoms with E-state index in [4.69, 9.17) is 0 Å². The first-order valence-corrected chi connectivity index (χ1v) is 5.68. The van der Waals surface area contributed by atoms with Gasteiger partial charge in [0.25, 0.3) is 5.56 Å². The van der Waals surface area contributed by atoms with Gasteiger partial charge in [-0.15, -0.1) is 0 Å². The third kappa shape index (κ3) is 3.07. The Labute approximate surface area is 105 Å². The third-order valence-corrected chi connectivity index (χ3v) is 2.54. The fourth-order valence-electron chi connectivity index (χ4n) is 1.72. The molecule has 1 amide bonds.